The molecule has 0 bridgehead atoms. The lowest BCUT2D eigenvalue weighted by atomic mass is 9.97. The molecule has 2 heterocycles. The Morgan fingerprint density at radius 1 is 0.578 bits per heavy atom. The van der Waals surface area contributed by atoms with E-state index in [9.17, 15) is 112 Å². The molecule has 0 radical (unpaired) electrons. The van der Waals surface area contributed by atoms with E-state index in [-0.39, 0.29) is 56.7 Å². The summed E-state index contributed by atoms with van der Waals surface area (Å²) in [6.07, 6.45) is 5.22. The van der Waals surface area contributed by atoms with Crippen molar-refractivity contribution in [3.05, 3.63) is 101 Å². The van der Waals surface area contributed by atoms with Gasteiger partial charge in [-0.15, -0.1) is 0 Å². The lowest BCUT2D eigenvalue weighted by Crippen LogP contribution is -2.63. The highest BCUT2D eigenvalue weighted by molar-refractivity contribution is 7.99. The maximum atomic E-state index is 14.9. The van der Waals surface area contributed by atoms with Gasteiger partial charge in [0.1, 0.15) is 78.3 Å². The fourth-order valence-corrected chi connectivity index (χ4v) is 14.4. The van der Waals surface area contributed by atoms with E-state index in [1.165, 1.54) is 48.2 Å². The van der Waals surface area contributed by atoms with Crippen molar-refractivity contribution in [3.8, 4) is 5.75 Å². The lowest BCUT2D eigenvalue weighted by molar-refractivity contribution is -0.144. The van der Waals surface area contributed by atoms with E-state index in [1.54, 1.807) is 50.2 Å². The van der Waals surface area contributed by atoms with E-state index in [4.69, 9.17) is 22.6 Å². The number of nitrogens with one attached hydrogen (secondary N) is 15. The summed E-state index contributed by atoms with van der Waals surface area (Å²) < 4.78 is 0. The molecule has 708 valence electrons. The van der Waals surface area contributed by atoms with Gasteiger partial charge in [-0.25, -0.2) is 4.79 Å². The number of aliphatic hydroxyl groups is 4. The van der Waals surface area contributed by atoms with E-state index in [2.05, 4.69) is 86.3 Å². The number of thioether (sulfide) groups is 1. The third kappa shape index (κ3) is 37.1. The second kappa shape index (κ2) is 54.8. The zero-order valence-corrected chi connectivity index (χ0v) is 74.7. The molecule has 2 aromatic carbocycles. The van der Waals surface area contributed by atoms with E-state index in [0.717, 1.165) is 50.4 Å². The molecule has 14 amide bonds. The predicted molar refractivity (Wildman–Crippen MR) is 473 cm³/mol. The van der Waals surface area contributed by atoms with Crippen LogP contribution in [0.3, 0.4) is 0 Å². The second-order valence-electron chi connectivity index (χ2n) is 32.3. The number of fused-ring (bicyclic) bond motifs is 1. The summed E-state index contributed by atoms with van der Waals surface area (Å²) in [5, 5.41) is 111. The molecule has 0 aliphatic carbocycles. The van der Waals surface area contributed by atoms with Gasteiger partial charge in [-0.3, -0.25) is 77.3 Å². The molecular weight excluding hydrogens is 1690 g/mol. The summed E-state index contributed by atoms with van der Waals surface area (Å²) in [5.41, 5.74) is 22.4. The zero-order chi connectivity index (χ0) is 95.8. The topological polar surface area (TPSA) is 692 Å². The molecule has 1 fully saturated rings. The molecule has 42 nitrogen and oxygen atoms in total. The Labute approximate surface area is 746 Å². The molecule has 3 aromatic rings. The number of carbonyl (C=O) groups is 16. The highest BCUT2D eigenvalue weighted by Gasteiger charge is 2.42. The summed E-state index contributed by atoms with van der Waals surface area (Å²) in [6, 6.07) is -8.68. The first-order valence-electron chi connectivity index (χ1n) is 42.3. The highest BCUT2D eigenvalue weighted by Crippen LogP contribution is 2.24. The summed E-state index contributed by atoms with van der Waals surface area (Å²) >= 11 is 1.16. The lowest BCUT2D eigenvalue weighted by Gasteiger charge is -2.30. The minimum Gasteiger partial charge on any atom is -0.508 e. The number of phenolic OH excluding ortho intramolecular Hbond substituents is 1. The van der Waals surface area contributed by atoms with Crippen LogP contribution in [0.25, 0.3) is 10.9 Å². The van der Waals surface area contributed by atoms with E-state index in [0.29, 0.717) is 40.6 Å². The number of guanidine groups is 1. The third-order valence-electron chi connectivity index (χ3n) is 21.0. The number of rotatable bonds is 56. The molecule has 43 heteroatoms. The van der Waals surface area contributed by atoms with Crippen LogP contribution in [0.2, 0.25) is 0 Å². The van der Waals surface area contributed by atoms with Crippen molar-refractivity contribution in [1.82, 2.24) is 79.0 Å². The Balaban J connectivity index is 1.60. The van der Waals surface area contributed by atoms with Crippen LogP contribution in [0.1, 0.15) is 157 Å². The van der Waals surface area contributed by atoms with Crippen LogP contribution in [-0.2, 0) is 89.6 Å². The number of aromatic amines is 1. The largest absolute Gasteiger partial charge is 0.508 e. The van der Waals surface area contributed by atoms with Crippen molar-refractivity contribution in [2.75, 3.05) is 44.4 Å². The monoisotopic (exact) mass is 1820 g/mol. The number of nitrogens with zero attached hydrogens (tertiary/aromatic N) is 1. The molecule has 1 aromatic heterocycles. The van der Waals surface area contributed by atoms with Crippen molar-refractivity contribution in [1.29, 1.82) is 5.41 Å². The Bertz CT molecular complexity index is 4420. The fourth-order valence-electron chi connectivity index (χ4n) is 13.4. The smallest absolute Gasteiger partial charge is 0.328 e. The third-order valence-corrected chi connectivity index (χ3v) is 22.0. The number of primary amides is 1. The number of amides is 14. The molecule has 16 atom stereocenters. The van der Waals surface area contributed by atoms with Crippen LogP contribution in [0.4, 0.5) is 0 Å². The number of carboxylic acids is 2. The van der Waals surface area contributed by atoms with Gasteiger partial charge in [-0.05, 0) is 147 Å². The molecule has 28 N–H and O–H groups in total. The van der Waals surface area contributed by atoms with Crippen molar-refractivity contribution in [2.24, 2.45) is 29.0 Å². The molecule has 0 spiro atoms. The molecule has 0 saturated carbocycles. The summed E-state index contributed by atoms with van der Waals surface area (Å²) in [4.78, 5) is 225. The molecule has 128 heavy (non-hydrogen) atoms. The van der Waals surface area contributed by atoms with Gasteiger partial charge in [0.25, 0.3) is 0 Å². The van der Waals surface area contributed by atoms with Crippen LogP contribution in [0.15, 0.2) is 89.7 Å². The van der Waals surface area contributed by atoms with Crippen LogP contribution in [0, 0.1) is 17.2 Å². The first kappa shape index (κ1) is 108. The van der Waals surface area contributed by atoms with Gasteiger partial charge >= 0.3 is 11.9 Å². The number of aliphatic hydroxyl groups excluding tert-OH is 4. The van der Waals surface area contributed by atoms with Gasteiger partial charge in [-0.1, -0.05) is 99.4 Å². The molecule has 0 unspecified atom stereocenters. The van der Waals surface area contributed by atoms with Crippen LogP contribution < -0.4 is 86.3 Å². The zero-order valence-electron chi connectivity index (χ0n) is 73.8. The van der Waals surface area contributed by atoms with Crippen LogP contribution in [-0.4, -0.2) is 281 Å². The number of benzene rings is 2. The maximum Gasteiger partial charge on any atom is 0.328 e. The Kier molecular flexibility index (Phi) is 46.4. The molecule has 1 saturated heterocycles. The minimum atomic E-state index is -2.02. The summed E-state index contributed by atoms with van der Waals surface area (Å²) in [7, 11) is 0. The van der Waals surface area contributed by atoms with Gasteiger partial charge < -0.3 is 132 Å². The number of allylic oxidation sites excluding steroid dienone is 5. The Morgan fingerprint density at radius 3 is 1.69 bits per heavy atom. The van der Waals surface area contributed by atoms with Crippen LogP contribution in [0.5, 0.6) is 5.75 Å². The number of aromatic hydroxyl groups is 1. The van der Waals surface area contributed by atoms with Crippen molar-refractivity contribution < 1.29 is 112 Å². The first-order chi connectivity index (χ1) is 60.4. The van der Waals surface area contributed by atoms with E-state index in [1.807, 2.05) is 33.8 Å². The fraction of sp³-hybridized carbons (Fsp3) is 0.565. The average molecular weight is 1820 g/mol. The number of carbonyl (C=O) groups excluding carboxylic acids is 14. The Morgan fingerprint density at radius 2 is 1.10 bits per heavy atom. The molecular formula is C85H129N19O23S. The average Bonchev–Trinajstić information content (AvgIpc) is 1.67. The minimum absolute atomic E-state index is 0.00817. The van der Waals surface area contributed by atoms with Crippen molar-refractivity contribution in [3.63, 3.8) is 0 Å². The number of likely N-dealkylation sites (tertiary alicyclic amines) is 1. The number of H-pyrrole nitrogens is 1. The number of para-hydroxylation sites is 1. The van der Waals surface area contributed by atoms with Crippen LogP contribution >= 0.6 is 11.8 Å². The first-order valence-corrected chi connectivity index (χ1v) is 43.5. The van der Waals surface area contributed by atoms with Gasteiger partial charge in [0.2, 0.25) is 82.7 Å². The number of hydrogen-bond donors (Lipinski definition) is 25. The molecule has 1 aliphatic heterocycles. The quantitative estimate of drug-likeness (QED) is 0.0117. The van der Waals surface area contributed by atoms with Crippen molar-refractivity contribution >= 4 is 123 Å². The van der Waals surface area contributed by atoms with Gasteiger partial charge in [0, 0.05) is 54.5 Å². The number of aliphatic carboxylic acids is 2. The SMILES string of the molecule is CC[C@H](C)[C@H](NC(=O)[C@H](CCC(=O)O)NC(=O)[C@@H]1CCCN1C(=O)[C@@H](N)Cc1ccc(O)cc1)C(=O)N[C@@H](CO)C(=O)N[C@@H](Cc1c[nH]c2ccccc12)C(=O)N[C@H](C(=O)N[C@@H](CCCNC(=N)N)C(=O)N[C@@H](CC(N)=O)C(=O)NCC(=O)N[C@@H](CSC/C=C(\C)CC/C=C(\C)CCC=C(C)C)C(=O)N[C@H](C(=O)N[C@H](C(=O)N[C@@H](CO)C(=O)O)C(C)C)[C@@H](C)O)[C@@H](C)O. The van der Waals surface area contributed by atoms with E-state index < -0.39 is 249 Å². The predicted octanol–water partition coefficient (Wildman–Crippen LogP) is -2.89. The van der Waals surface area contributed by atoms with Gasteiger partial charge in [0.05, 0.1) is 44.4 Å². The number of hydrogen-bond acceptors (Lipinski definition) is 24. The molecule has 1 aliphatic rings. The standard InChI is InChI=1S/C85H129N19O23S/c1-11-48(8)69(101-74(116)58(30-31-67(112)113)94-78(120)64-25-17-34-104(64)83(125)55(86)36-51-26-28-53(109)29-27-51)80(122)98-61(41-105)76(118)96-59(37-52-39-91-56-23-13-12-22-54(52)56)75(117)102-70(49(9)107)81(123)95-57(24-16-33-90-85(88)89)73(115)97-60(38-65(87)110)72(114)92-40-66(111)93-63(43-128-35-32-47(7)21-15-20-46(6)19-14-18-44(2)3)77(119)103-71(50(10)108)82(124)100-68(45(4)5)79(121)99-62(42-106)84(126)127/h12-13,18,20,22-23,26-29,32,39,45,48-50,55,57-64,68-71,91,105-109H,11,14-17,19,21,24-25,30-31,33-38,40-43,86H2,1-10H3,(H2,87,110)(H,92,114)(H,93,111)(H,94,120)(H,95,123)(H,96,118)(H,97,115)(H,98,122)(H,99,121)(H,100,124)(H,101,116)(H,102,117)(H,103,119)(H,112,113)(H,126,127)(H4,88,89,90)/b46-20+,47-32+/t48-,49+,50+,55-,57-,58-,59-,60-,61-,62-,63-,64-,68-,69-,70-,71-/m0/s1. The highest BCUT2D eigenvalue weighted by atomic mass is 32.2. The second-order valence-corrected chi connectivity index (χ2v) is 33.4. The number of nitrogens with two attached hydrogens (primary N) is 3. The molecule has 4 rings (SSSR count). The number of aromatic nitrogens is 1. The van der Waals surface area contributed by atoms with Gasteiger partial charge in [-0.2, -0.15) is 11.8 Å². The summed E-state index contributed by atoms with van der Waals surface area (Å²) in [6.45, 7) is 13.3. The van der Waals surface area contributed by atoms with Gasteiger partial charge in [0.15, 0.2) is 5.96 Å². The van der Waals surface area contributed by atoms with E-state index >= 15 is 0 Å². The summed E-state index contributed by atoms with van der Waals surface area (Å²) in [5.74, 6) is -19.9. The maximum absolute atomic E-state index is 14.9. The van der Waals surface area contributed by atoms with Crippen molar-refractivity contribution in [2.45, 2.75) is 250 Å². The normalized spacial score (nSPS) is 16.2. The number of phenols is 1. The Hall–Kier alpha value is -12.1. The number of carboxylic acid groups (broad SMARTS) is 2.